The van der Waals surface area contributed by atoms with Gasteiger partial charge in [-0.1, -0.05) is 0 Å². The Hall–Kier alpha value is -0.150. The number of carboxylic acid groups (broad SMARTS) is 1. The molecule has 5 unspecified atom stereocenters. The maximum Gasteiger partial charge on any atom is 1.00 e. The molecule has 2 aliphatic carbocycles. The fourth-order valence-corrected chi connectivity index (χ4v) is 4.91. The van der Waals surface area contributed by atoms with E-state index in [2.05, 4.69) is 0 Å². The molecule has 2 saturated carbocycles. The molecule has 0 spiro atoms. The SMILES string of the molecule is O=COC1CCC2C(C1)CC(C(=O)O)CC2S(=O)(=O)[O-].[Na+]. The second-order valence-electron chi connectivity index (χ2n) is 5.63. The fourth-order valence-electron chi connectivity index (χ4n) is 3.66. The minimum Gasteiger partial charge on any atom is -0.748 e. The van der Waals surface area contributed by atoms with Crippen molar-refractivity contribution < 1.29 is 62.0 Å². The van der Waals surface area contributed by atoms with Crippen LogP contribution in [0.2, 0.25) is 0 Å². The van der Waals surface area contributed by atoms with Crippen LogP contribution in [0.15, 0.2) is 0 Å². The third-order valence-corrected chi connectivity index (χ3v) is 5.83. The van der Waals surface area contributed by atoms with Gasteiger partial charge < -0.3 is 14.4 Å². The molecule has 0 aromatic heterocycles. The first-order chi connectivity index (χ1) is 9.32. The molecule has 21 heavy (non-hydrogen) atoms. The van der Waals surface area contributed by atoms with Gasteiger partial charge in [0, 0.05) is 0 Å². The molecule has 0 aromatic carbocycles. The number of hydrogen-bond donors (Lipinski definition) is 1. The molecule has 0 bridgehead atoms. The Kier molecular flexibility index (Phi) is 6.67. The largest absolute Gasteiger partial charge is 1.00 e. The molecule has 0 heterocycles. The van der Waals surface area contributed by atoms with E-state index in [1.54, 1.807) is 0 Å². The van der Waals surface area contributed by atoms with Crippen molar-refractivity contribution in [3.8, 4) is 0 Å². The molecule has 2 rings (SSSR count). The topological polar surface area (TPSA) is 121 Å². The van der Waals surface area contributed by atoms with Crippen LogP contribution in [0.3, 0.4) is 0 Å². The third kappa shape index (κ3) is 4.41. The average Bonchev–Trinajstić information content (AvgIpc) is 2.36. The predicted octanol–water partition coefficient (Wildman–Crippen LogP) is -2.64. The Morgan fingerprint density at radius 2 is 1.90 bits per heavy atom. The van der Waals surface area contributed by atoms with Crippen LogP contribution in [-0.4, -0.2) is 41.9 Å². The van der Waals surface area contributed by atoms with E-state index in [0.29, 0.717) is 32.2 Å². The van der Waals surface area contributed by atoms with Gasteiger partial charge in [0.25, 0.3) is 6.47 Å². The average molecular weight is 328 g/mol. The summed E-state index contributed by atoms with van der Waals surface area (Å²) in [6, 6.07) is 0. The predicted molar refractivity (Wildman–Crippen MR) is 65.6 cm³/mol. The maximum atomic E-state index is 11.4. The third-order valence-electron chi connectivity index (χ3n) is 4.54. The number of hydrogen-bond acceptors (Lipinski definition) is 6. The van der Waals surface area contributed by atoms with Crippen LogP contribution in [0.25, 0.3) is 0 Å². The quantitative estimate of drug-likeness (QED) is 0.340. The molecule has 0 amide bonds. The van der Waals surface area contributed by atoms with Crippen LogP contribution in [0, 0.1) is 17.8 Å². The molecule has 2 aliphatic rings. The van der Waals surface area contributed by atoms with E-state index in [1.807, 2.05) is 0 Å². The zero-order valence-corrected chi connectivity index (χ0v) is 14.6. The first kappa shape index (κ1) is 18.9. The van der Waals surface area contributed by atoms with Gasteiger partial charge in [0.05, 0.1) is 21.3 Å². The van der Waals surface area contributed by atoms with Gasteiger partial charge in [-0.15, -0.1) is 0 Å². The van der Waals surface area contributed by atoms with Crippen molar-refractivity contribution in [1.29, 1.82) is 0 Å². The Bertz CT molecular complexity index is 492. The van der Waals surface area contributed by atoms with Gasteiger partial charge in [-0.05, 0) is 43.9 Å². The second kappa shape index (κ2) is 7.41. The zero-order valence-electron chi connectivity index (χ0n) is 11.8. The molecular formula is C12H17NaO7S. The van der Waals surface area contributed by atoms with E-state index in [4.69, 9.17) is 9.84 Å². The van der Waals surface area contributed by atoms with Crippen molar-refractivity contribution in [2.24, 2.45) is 17.8 Å². The van der Waals surface area contributed by atoms with E-state index in [9.17, 15) is 22.6 Å². The molecule has 0 saturated heterocycles. The fraction of sp³-hybridized carbons (Fsp3) is 0.833. The molecule has 2 fully saturated rings. The number of carbonyl (C=O) groups excluding carboxylic acids is 1. The minimum atomic E-state index is -4.52. The van der Waals surface area contributed by atoms with Crippen molar-refractivity contribution in [2.75, 3.05) is 0 Å². The Balaban J connectivity index is 0.00000220. The van der Waals surface area contributed by atoms with Crippen LogP contribution < -0.4 is 29.6 Å². The number of aliphatic carboxylic acids is 1. The Morgan fingerprint density at radius 3 is 2.43 bits per heavy atom. The summed E-state index contributed by atoms with van der Waals surface area (Å²) in [5, 5.41) is 7.96. The van der Waals surface area contributed by atoms with Gasteiger partial charge >= 0.3 is 35.5 Å². The van der Waals surface area contributed by atoms with Gasteiger partial charge in [-0.3, -0.25) is 9.59 Å². The van der Waals surface area contributed by atoms with Gasteiger partial charge in [-0.2, -0.15) is 0 Å². The van der Waals surface area contributed by atoms with E-state index in [0.717, 1.165) is 0 Å². The number of carboxylic acids is 1. The van der Waals surface area contributed by atoms with E-state index in [1.165, 1.54) is 0 Å². The summed E-state index contributed by atoms with van der Waals surface area (Å²) >= 11 is 0. The van der Waals surface area contributed by atoms with Crippen LogP contribution >= 0.6 is 0 Å². The first-order valence-electron chi connectivity index (χ1n) is 6.59. The van der Waals surface area contributed by atoms with E-state index >= 15 is 0 Å². The van der Waals surface area contributed by atoms with Crippen molar-refractivity contribution in [3.05, 3.63) is 0 Å². The molecule has 9 heteroatoms. The second-order valence-corrected chi connectivity index (χ2v) is 7.22. The number of ether oxygens (including phenoxy) is 1. The molecule has 0 radical (unpaired) electrons. The standard InChI is InChI=1S/C12H18O7S.Na/c13-6-19-9-1-2-10-7(4-9)3-8(12(14)15)5-11(10)20(16,17)18;/h6-11H,1-5H2,(H,14,15)(H,16,17,18);/q;+1/p-1. The Morgan fingerprint density at radius 1 is 1.24 bits per heavy atom. The summed E-state index contributed by atoms with van der Waals surface area (Å²) in [5.74, 6) is -2.41. The summed E-state index contributed by atoms with van der Waals surface area (Å²) in [5.41, 5.74) is 0. The van der Waals surface area contributed by atoms with Crippen molar-refractivity contribution in [1.82, 2.24) is 0 Å². The summed E-state index contributed by atoms with van der Waals surface area (Å²) in [6.07, 6.45) is 1.34. The summed E-state index contributed by atoms with van der Waals surface area (Å²) in [4.78, 5) is 21.5. The zero-order chi connectivity index (χ0) is 14.9. The molecule has 7 nitrogen and oxygen atoms in total. The van der Waals surface area contributed by atoms with E-state index in [-0.39, 0.29) is 53.9 Å². The number of rotatable bonds is 4. The van der Waals surface area contributed by atoms with Crippen LogP contribution in [-0.2, 0) is 24.4 Å². The maximum absolute atomic E-state index is 11.4. The van der Waals surface area contributed by atoms with Crippen LogP contribution in [0.1, 0.15) is 32.1 Å². The smallest absolute Gasteiger partial charge is 0.748 e. The summed E-state index contributed by atoms with van der Waals surface area (Å²) in [6.45, 7) is 0.352. The van der Waals surface area contributed by atoms with Crippen molar-refractivity contribution in [2.45, 2.75) is 43.5 Å². The van der Waals surface area contributed by atoms with Crippen molar-refractivity contribution in [3.63, 3.8) is 0 Å². The molecule has 5 atom stereocenters. The minimum absolute atomic E-state index is 0. The Labute approximate surface area is 145 Å². The summed E-state index contributed by atoms with van der Waals surface area (Å²) < 4.78 is 39.0. The normalized spacial score (nSPS) is 36.0. The number of carbonyl (C=O) groups is 2. The van der Waals surface area contributed by atoms with Gasteiger partial charge in [0.2, 0.25) is 0 Å². The van der Waals surface area contributed by atoms with E-state index < -0.39 is 27.3 Å². The van der Waals surface area contributed by atoms with Crippen molar-refractivity contribution >= 4 is 22.6 Å². The van der Waals surface area contributed by atoms with Crippen LogP contribution in [0.5, 0.6) is 0 Å². The van der Waals surface area contributed by atoms with Crippen LogP contribution in [0.4, 0.5) is 0 Å². The van der Waals surface area contributed by atoms with Gasteiger partial charge in [0.1, 0.15) is 6.10 Å². The number of fused-ring (bicyclic) bond motifs is 1. The van der Waals surface area contributed by atoms with Gasteiger partial charge in [-0.25, -0.2) is 8.42 Å². The first-order valence-corrected chi connectivity index (χ1v) is 8.06. The molecule has 0 aliphatic heterocycles. The molecular weight excluding hydrogens is 311 g/mol. The molecule has 1 N–H and O–H groups in total. The monoisotopic (exact) mass is 328 g/mol. The van der Waals surface area contributed by atoms with Gasteiger partial charge in [0.15, 0.2) is 0 Å². The molecule has 114 valence electrons. The summed E-state index contributed by atoms with van der Waals surface area (Å²) in [7, 11) is -4.52. The molecule has 0 aromatic rings.